The van der Waals surface area contributed by atoms with Crippen LogP contribution in [0.1, 0.15) is 10.6 Å². The number of nitrogens with one attached hydrogen (secondary N) is 1. The minimum Gasteiger partial charge on any atom is -0.495 e. The molecule has 0 amide bonds. The lowest BCUT2D eigenvalue weighted by Crippen LogP contribution is -2.13. The van der Waals surface area contributed by atoms with Crippen LogP contribution >= 0.6 is 22.9 Å². The van der Waals surface area contributed by atoms with Gasteiger partial charge < -0.3 is 9.26 Å². The van der Waals surface area contributed by atoms with Crippen molar-refractivity contribution in [1.29, 1.82) is 0 Å². The molecule has 1 N–H and O–H groups in total. The standard InChI is InChI=1S/C16H12ClF3N2O4S2/c1-8-14(7-13(27-8)11-6-15(26-21-11)16(18,19)20)28(23,24)22-9-3-4-12(25-2)10(17)5-9/h3-7,22H,1-2H3. The van der Waals surface area contributed by atoms with Crippen molar-refractivity contribution in [2.24, 2.45) is 0 Å². The Hall–Kier alpha value is -2.24. The second-order valence-electron chi connectivity index (χ2n) is 5.56. The van der Waals surface area contributed by atoms with Crippen LogP contribution in [0.15, 0.2) is 39.8 Å². The van der Waals surface area contributed by atoms with E-state index in [0.29, 0.717) is 10.6 Å². The zero-order valence-corrected chi connectivity index (χ0v) is 16.7. The van der Waals surface area contributed by atoms with Gasteiger partial charge in [0.15, 0.2) is 0 Å². The van der Waals surface area contributed by atoms with E-state index < -0.39 is 22.0 Å². The van der Waals surface area contributed by atoms with Crippen LogP contribution in [-0.2, 0) is 16.2 Å². The monoisotopic (exact) mass is 452 g/mol. The summed E-state index contributed by atoms with van der Waals surface area (Å²) in [6.45, 7) is 1.54. The Labute approximate surface area is 166 Å². The van der Waals surface area contributed by atoms with Crippen molar-refractivity contribution in [3.63, 3.8) is 0 Å². The van der Waals surface area contributed by atoms with E-state index in [1.54, 1.807) is 0 Å². The molecule has 0 radical (unpaired) electrons. The number of hydrogen-bond donors (Lipinski definition) is 1. The van der Waals surface area contributed by atoms with Crippen LogP contribution in [-0.4, -0.2) is 20.7 Å². The summed E-state index contributed by atoms with van der Waals surface area (Å²) in [6, 6.07) is 6.32. The first-order valence-corrected chi connectivity index (χ1v) is 10.2. The number of aromatic nitrogens is 1. The third-order valence-electron chi connectivity index (χ3n) is 3.61. The molecule has 0 aliphatic heterocycles. The van der Waals surface area contributed by atoms with Gasteiger partial charge in [0.05, 0.1) is 22.7 Å². The Balaban J connectivity index is 1.91. The maximum atomic E-state index is 12.7. The molecule has 3 rings (SSSR count). The molecule has 0 aliphatic rings. The fourth-order valence-corrected chi connectivity index (χ4v) is 5.18. The molecule has 0 saturated heterocycles. The van der Waals surface area contributed by atoms with Crippen LogP contribution < -0.4 is 9.46 Å². The van der Waals surface area contributed by atoms with Crippen molar-refractivity contribution < 1.29 is 30.8 Å². The number of sulfonamides is 1. The summed E-state index contributed by atoms with van der Waals surface area (Å²) >= 11 is 6.97. The van der Waals surface area contributed by atoms with E-state index in [0.717, 1.165) is 17.4 Å². The largest absolute Gasteiger partial charge is 0.495 e. The highest BCUT2D eigenvalue weighted by Gasteiger charge is 2.36. The first-order chi connectivity index (χ1) is 13.0. The third kappa shape index (κ3) is 4.10. The number of anilines is 1. The van der Waals surface area contributed by atoms with Gasteiger partial charge in [-0.3, -0.25) is 4.72 Å². The van der Waals surface area contributed by atoms with E-state index in [9.17, 15) is 21.6 Å². The minimum absolute atomic E-state index is 0.0870. The van der Waals surface area contributed by atoms with E-state index >= 15 is 0 Å². The summed E-state index contributed by atoms with van der Waals surface area (Å²) in [4.78, 5) is 0.513. The number of benzene rings is 1. The van der Waals surface area contributed by atoms with Gasteiger partial charge in [0.25, 0.3) is 10.0 Å². The SMILES string of the molecule is COc1ccc(NS(=O)(=O)c2cc(-c3cc(C(F)(F)F)on3)sc2C)cc1Cl. The van der Waals surface area contributed by atoms with Gasteiger partial charge in [0.2, 0.25) is 5.76 Å². The van der Waals surface area contributed by atoms with E-state index in [1.165, 1.54) is 38.3 Å². The van der Waals surface area contributed by atoms with Gasteiger partial charge in [-0.2, -0.15) is 13.2 Å². The first kappa shape index (κ1) is 20.5. The number of rotatable bonds is 5. The van der Waals surface area contributed by atoms with Gasteiger partial charge in [0.1, 0.15) is 16.3 Å². The number of halogens is 4. The Bertz CT molecular complexity index is 1120. The maximum Gasteiger partial charge on any atom is 0.452 e. The molecule has 1 aromatic carbocycles. The normalized spacial score (nSPS) is 12.2. The van der Waals surface area contributed by atoms with Crippen molar-refractivity contribution in [1.82, 2.24) is 5.16 Å². The molecule has 0 unspecified atom stereocenters. The molecule has 28 heavy (non-hydrogen) atoms. The lowest BCUT2D eigenvalue weighted by atomic mass is 10.3. The number of aryl methyl sites for hydroxylation is 1. The van der Waals surface area contributed by atoms with Crippen LogP contribution in [0, 0.1) is 6.92 Å². The Morgan fingerprint density at radius 3 is 2.54 bits per heavy atom. The smallest absolute Gasteiger partial charge is 0.452 e. The summed E-state index contributed by atoms with van der Waals surface area (Å²) in [6.07, 6.45) is -4.68. The minimum atomic E-state index is -4.68. The van der Waals surface area contributed by atoms with E-state index in [4.69, 9.17) is 16.3 Å². The van der Waals surface area contributed by atoms with Crippen molar-refractivity contribution in [2.45, 2.75) is 18.0 Å². The molecule has 0 fully saturated rings. The molecule has 150 valence electrons. The number of alkyl halides is 3. The molecule has 0 spiro atoms. The zero-order chi connectivity index (χ0) is 20.7. The molecular weight excluding hydrogens is 441 g/mol. The van der Waals surface area contributed by atoms with E-state index in [1.807, 2.05) is 0 Å². The topological polar surface area (TPSA) is 81.4 Å². The Morgan fingerprint density at radius 2 is 1.96 bits per heavy atom. The second-order valence-corrected chi connectivity index (χ2v) is 8.87. The summed E-state index contributed by atoms with van der Waals surface area (Å²) in [7, 11) is -2.58. The van der Waals surface area contributed by atoms with Crippen LogP contribution in [0.25, 0.3) is 10.6 Å². The maximum absolute atomic E-state index is 12.7. The third-order valence-corrected chi connectivity index (χ3v) is 6.61. The highest BCUT2D eigenvalue weighted by Crippen LogP contribution is 2.37. The second kappa shape index (κ2) is 7.30. The van der Waals surface area contributed by atoms with E-state index in [-0.39, 0.29) is 26.2 Å². The zero-order valence-electron chi connectivity index (χ0n) is 14.3. The lowest BCUT2D eigenvalue weighted by molar-refractivity contribution is -0.155. The first-order valence-electron chi connectivity index (χ1n) is 7.52. The van der Waals surface area contributed by atoms with Gasteiger partial charge in [-0.05, 0) is 31.2 Å². The number of ether oxygens (including phenoxy) is 1. The highest BCUT2D eigenvalue weighted by molar-refractivity contribution is 7.93. The average Bonchev–Trinajstić information content (AvgIpc) is 3.21. The van der Waals surface area contributed by atoms with Crippen molar-refractivity contribution in [2.75, 3.05) is 11.8 Å². The van der Waals surface area contributed by atoms with Crippen molar-refractivity contribution in [3.8, 4) is 16.3 Å². The van der Waals surface area contributed by atoms with Gasteiger partial charge in [-0.15, -0.1) is 11.3 Å². The molecule has 12 heteroatoms. The fourth-order valence-electron chi connectivity index (χ4n) is 2.32. The van der Waals surface area contributed by atoms with Crippen LogP contribution in [0.5, 0.6) is 5.75 Å². The van der Waals surface area contributed by atoms with Crippen LogP contribution in [0.4, 0.5) is 18.9 Å². The van der Waals surface area contributed by atoms with Crippen LogP contribution in [0.2, 0.25) is 5.02 Å². The summed E-state index contributed by atoms with van der Waals surface area (Å²) < 4.78 is 75.1. The van der Waals surface area contributed by atoms with E-state index in [2.05, 4.69) is 14.4 Å². The number of nitrogens with zero attached hydrogens (tertiary/aromatic N) is 1. The molecule has 2 aromatic heterocycles. The Morgan fingerprint density at radius 1 is 1.25 bits per heavy atom. The van der Waals surface area contributed by atoms with Gasteiger partial charge in [-0.25, -0.2) is 8.42 Å². The van der Waals surface area contributed by atoms with Crippen molar-refractivity contribution >= 4 is 38.6 Å². The van der Waals surface area contributed by atoms with Crippen molar-refractivity contribution in [3.05, 3.63) is 46.0 Å². The Kier molecular flexibility index (Phi) is 5.34. The number of thiophene rings is 1. The van der Waals surface area contributed by atoms with Crippen LogP contribution in [0.3, 0.4) is 0 Å². The summed E-state index contributed by atoms with van der Waals surface area (Å²) in [5.41, 5.74) is 0.105. The van der Waals surface area contributed by atoms with Gasteiger partial charge >= 0.3 is 6.18 Å². The molecule has 0 aliphatic carbocycles. The highest BCUT2D eigenvalue weighted by atomic mass is 35.5. The molecular formula is C16H12ClF3N2O4S2. The summed E-state index contributed by atoms with van der Waals surface area (Å²) in [5, 5.41) is 3.59. The predicted molar refractivity (Wildman–Crippen MR) is 98.4 cm³/mol. The predicted octanol–water partition coefficient (Wildman–Crippen LogP) is 5.19. The molecule has 3 aromatic rings. The fraction of sp³-hybridized carbons (Fsp3) is 0.188. The number of hydrogen-bond acceptors (Lipinski definition) is 6. The molecule has 0 bridgehead atoms. The lowest BCUT2D eigenvalue weighted by Gasteiger charge is -2.09. The molecule has 6 nitrogen and oxygen atoms in total. The van der Waals surface area contributed by atoms with Gasteiger partial charge in [0, 0.05) is 10.9 Å². The number of methoxy groups -OCH3 is 1. The average molecular weight is 453 g/mol. The summed E-state index contributed by atoms with van der Waals surface area (Å²) in [5.74, 6) is -0.880. The van der Waals surface area contributed by atoms with Gasteiger partial charge in [-0.1, -0.05) is 16.8 Å². The molecule has 0 saturated carbocycles. The molecule has 2 heterocycles. The quantitative estimate of drug-likeness (QED) is 0.576. The molecule has 0 atom stereocenters.